The summed E-state index contributed by atoms with van der Waals surface area (Å²) in [6.45, 7) is 2.29. The minimum Gasteiger partial charge on any atom is -0.297 e. The maximum atomic E-state index is 13.2. The molecule has 0 radical (unpaired) electrons. The van der Waals surface area contributed by atoms with Crippen LogP contribution in [0.1, 0.15) is 77.6 Å². The van der Waals surface area contributed by atoms with E-state index in [1.54, 1.807) is 0 Å². The highest BCUT2D eigenvalue weighted by molar-refractivity contribution is 5.90. The quantitative estimate of drug-likeness (QED) is 0.710. The van der Waals surface area contributed by atoms with Crippen molar-refractivity contribution in [1.82, 2.24) is 4.90 Å². The topological polar surface area (TPSA) is 20.3 Å². The molecule has 0 aromatic heterocycles. The Balaban J connectivity index is 2.07. The Morgan fingerprint density at radius 3 is 2.00 bits per heavy atom. The monoisotopic (exact) mass is 279 g/mol. The van der Waals surface area contributed by atoms with Gasteiger partial charge in [0.1, 0.15) is 0 Å². The first kappa shape index (κ1) is 16.0. The van der Waals surface area contributed by atoms with E-state index < -0.39 is 0 Å². The largest absolute Gasteiger partial charge is 0.297 e. The molecule has 2 nitrogen and oxygen atoms in total. The van der Waals surface area contributed by atoms with E-state index in [2.05, 4.69) is 25.9 Å². The number of hydrogen-bond acceptors (Lipinski definition) is 2. The van der Waals surface area contributed by atoms with Crippen molar-refractivity contribution in [1.29, 1.82) is 0 Å². The molecular weight excluding hydrogens is 246 g/mol. The Morgan fingerprint density at radius 1 is 1.00 bits per heavy atom. The number of ketones is 1. The highest BCUT2D eigenvalue weighted by atomic mass is 16.1. The fourth-order valence-corrected chi connectivity index (χ4v) is 4.44. The van der Waals surface area contributed by atoms with Crippen LogP contribution in [-0.4, -0.2) is 30.3 Å². The standard InChI is InChI=1S/C18H33NO/c1-4-15-9-11-16(12-10-15)17(20)18(19(2)3)13-7-5-6-8-14-18/h15-16H,4-14H2,1-3H3. The molecule has 0 unspecified atom stereocenters. The third-order valence-corrected chi connectivity index (χ3v) is 6.04. The number of nitrogens with zero attached hydrogens (tertiary/aromatic N) is 1. The fourth-order valence-electron chi connectivity index (χ4n) is 4.44. The number of likely N-dealkylation sites (N-methyl/N-ethyl adjacent to an activating group) is 1. The van der Waals surface area contributed by atoms with Crippen LogP contribution in [-0.2, 0) is 4.79 Å². The van der Waals surface area contributed by atoms with Gasteiger partial charge in [-0.1, -0.05) is 39.0 Å². The van der Waals surface area contributed by atoms with Crippen LogP contribution in [0, 0.1) is 11.8 Å². The summed E-state index contributed by atoms with van der Waals surface area (Å²) in [5.41, 5.74) is -0.139. The van der Waals surface area contributed by atoms with Gasteiger partial charge in [0, 0.05) is 5.92 Å². The van der Waals surface area contributed by atoms with Gasteiger partial charge >= 0.3 is 0 Å². The molecule has 2 saturated carbocycles. The normalized spacial score (nSPS) is 31.0. The van der Waals surface area contributed by atoms with Crippen molar-refractivity contribution in [3.05, 3.63) is 0 Å². The summed E-state index contributed by atoms with van der Waals surface area (Å²) in [5, 5.41) is 0. The van der Waals surface area contributed by atoms with Crippen molar-refractivity contribution in [2.75, 3.05) is 14.1 Å². The van der Waals surface area contributed by atoms with Gasteiger partial charge in [0.25, 0.3) is 0 Å². The molecule has 2 aliphatic carbocycles. The van der Waals surface area contributed by atoms with E-state index in [0.29, 0.717) is 11.7 Å². The van der Waals surface area contributed by atoms with Gasteiger partial charge in [0.15, 0.2) is 5.78 Å². The van der Waals surface area contributed by atoms with Gasteiger partial charge in [-0.15, -0.1) is 0 Å². The smallest absolute Gasteiger partial charge is 0.156 e. The molecule has 0 N–H and O–H groups in total. The molecule has 0 aromatic carbocycles. The van der Waals surface area contributed by atoms with Crippen LogP contribution in [0.5, 0.6) is 0 Å². The van der Waals surface area contributed by atoms with Gasteiger partial charge in [-0.2, -0.15) is 0 Å². The lowest BCUT2D eigenvalue weighted by atomic mass is 9.71. The van der Waals surface area contributed by atoms with Crippen LogP contribution in [0.3, 0.4) is 0 Å². The van der Waals surface area contributed by atoms with Gasteiger partial charge in [-0.05, 0) is 58.5 Å². The molecule has 0 spiro atoms. The molecule has 0 atom stereocenters. The van der Waals surface area contributed by atoms with Crippen molar-refractivity contribution in [3.63, 3.8) is 0 Å². The summed E-state index contributed by atoms with van der Waals surface area (Å²) in [5.74, 6) is 1.81. The van der Waals surface area contributed by atoms with Crippen LogP contribution in [0.15, 0.2) is 0 Å². The van der Waals surface area contributed by atoms with Crippen molar-refractivity contribution >= 4 is 5.78 Å². The van der Waals surface area contributed by atoms with E-state index in [9.17, 15) is 4.79 Å². The van der Waals surface area contributed by atoms with Crippen molar-refractivity contribution in [2.45, 2.75) is 83.1 Å². The molecule has 2 aliphatic rings. The molecule has 0 amide bonds. The zero-order valence-corrected chi connectivity index (χ0v) is 13.8. The average Bonchev–Trinajstić information content (AvgIpc) is 2.73. The molecule has 2 rings (SSSR count). The predicted octanol–water partition coefficient (Wildman–Crippen LogP) is 4.43. The van der Waals surface area contributed by atoms with Gasteiger partial charge in [-0.3, -0.25) is 9.69 Å². The fraction of sp³-hybridized carbons (Fsp3) is 0.944. The maximum absolute atomic E-state index is 13.2. The maximum Gasteiger partial charge on any atom is 0.156 e. The Labute approximate surface area is 125 Å². The zero-order chi connectivity index (χ0) is 14.6. The molecule has 0 saturated heterocycles. The Hall–Kier alpha value is -0.370. The van der Waals surface area contributed by atoms with Crippen molar-refractivity contribution < 1.29 is 4.79 Å². The molecule has 0 heterocycles. The van der Waals surface area contributed by atoms with E-state index >= 15 is 0 Å². The lowest BCUT2D eigenvalue weighted by Crippen LogP contribution is -2.53. The van der Waals surface area contributed by atoms with E-state index in [0.717, 1.165) is 31.6 Å². The van der Waals surface area contributed by atoms with Crippen molar-refractivity contribution in [3.8, 4) is 0 Å². The van der Waals surface area contributed by atoms with Crippen LogP contribution in [0.2, 0.25) is 0 Å². The minimum atomic E-state index is -0.139. The zero-order valence-electron chi connectivity index (χ0n) is 13.8. The number of hydrogen-bond donors (Lipinski definition) is 0. The molecule has 0 aromatic rings. The average molecular weight is 279 g/mol. The number of carbonyl (C=O) groups excluding carboxylic acids is 1. The summed E-state index contributed by atoms with van der Waals surface area (Å²) in [7, 11) is 4.25. The highest BCUT2D eigenvalue weighted by Crippen LogP contribution is 2.39. The van der Waals surface area contributed by atoms with E-state index in [1.807, 2.05) is 0 Å². The second kappa shape index (κ2) is 7.06. The molecule has 2 fully saturated rings. The van der Waals surface area contributed by atoms with Crippen LogP contribution >= 0.6 is 0 Å². The predicted molar refractivity (Wildman–Crippen MR) is 84.9 cm³/mol. The lowest BCUT2D eigenvalue weighted by molar-refractivity contribution is -0.136. The Kier molecular flexibility index (Phi) is 5.65. The summed E-state index contributed by atoms with van der Waals surface area (Å²) in [6, 6.07) is 0. The van der Waals surface area contributed by atoms with Gasteiger partial charge in [0.05, 0.1) is 5.54 Å². The van der Waals surface area contributed by atoms with Crippen molar-refractivity contribution in [2.24, 2.45) is 11.8 Å². The number of carbonyl (C=O) groups is 1. The Morgan fingerprint density at radius 2 is 1.55 bits per heavy atom. The summed E-state index contributed by atoms with van der Waals surface area (Å²) < 4.78 is 0. The van der Waals surface area contributed by atoms with Gasteiger partial charge in [-0.25, -0.2) is 0 Å². The Bertz CT molecular complexity index is 307. The molecule has 20 heavy (non-hydrogen) atoms. The molecule has 0 bridgehead atoms. The first-order valence-corrected chi connectivity index (χ1v) is 8.82. The van der Waals surface area contributed by atoms with Crippen LogP contribution in [0.4, 0.5) is 0 Å². The van der Waals surface area contributed by atoms with E-state index in [1.165, 1.54) is 44.9 Å². The SMILES string of the molecule is CCC1CCC(C(=O)C2(N(C)C)CCCCCC2)CC1. The molecular formula is C18H33NO. The summed E-state index contributed by atoms with van der Waals surface area (Å²) >= 11 is 0. The first-order valence-electron chi connectivity index (χ1n) is 8.82. The van der Waals surface area contributed by atoms with E-state index in [4.69, 9.17) is 0 Å². The van der Waals surface area contributed by atoms with Crippen LogP contribution in [0.25, 0.3) is 0 Å². The first-order chi connectivity index (χ1) is 9.60. The second-order valence-corrected chi connectivity index (χ2v) is 7.33. The third-order valence-electron chi connectivity index (χ3n) is 6.04. The third kappa shape index (κ3) is 3.27. The second-order valence-electron chi connectivity index (χ2n) is 7.33. The van der Waals surface area contributed by atoms with E-state index in [-0.39, 0.29) is 5.54 Å². The van der Waals surface area contributed by atoms with Crippen LogP contribution < -0.4 is 0 Å². The molecule has 116 valence electrons. The molecule has 0 aliphatic heterocycles. The van der Waals surface area contributed by atoms with Gasteiger partial charge < -0.3 is 0 Å². The summed E-state index contributed by atoms with van der Waals surface area (Å²) in [6.07, 6.45) is 13.4. The summed E-state index contributed by atoms with van der Waals surface area (Å²) in [4.78, 5) is 15.5. The van der Waals surface area contributed by atoms with Gasteiger partial charge in [0.2, 0.25) is 0 Å². The number of rotatable bonds is 4. The number of Topliss-reactive ketones (excluding diaryl/α,β-unsaturated/α-hetero) is 1. The lowest BCUT2D eigenvalue weighted by Gasteiger charge is -2.42. The minimum absolute atomic E-state index is 0.139. The molecule has 2 heteroatoms. The highest BCUT2D eigenvalue weighted by Gasteiger charge is 2.44.